The zero-order valence-electron chi connectivity index (χ0n) is 8.81. The van der Waals surface area contributed by atoms with Crippen molar-refractivity contribution in [3.05, 3.63) is 23.2 Å². The topological polar surface area (TPSA) is 32.3 Å². The SMILES string of the molecule is CCP1(=O)CN2c3c(Cl)cccc3SC2N1. The molecule has 1 aromatic rings. The molecule has 1 N–H and O–H groups in total. The molecule has 2 aliphatic rings. The van der Waals surface area contributed by atoms with E-state index in [1.54, 1.807) is 11.8 Å². The van der Waals surface area contributed by atoms with Crippen molar-refractivity contribution in [1.82, 2.24) is 5.09 Å². The van der Waals surface area contributed by atoms with Crippen molar-refractivity contribution in [3.63, 3.8) is 0 Å². The number of benzene rings is 1. The number of hydrogen-bond donors (Lipinski definition) is 1. The number of fused-ring (bicyclic) bond motifs is 3. The van der Waals surface area contributed by atoms with Gasteiger partial charge in [-0.3, -0.25) is 0 Å². The van der Waals surface area contributed by atoms with Gasteiger partial charge in [-0.1, -0.05) is 36.4 Å². The van der Waals surface area contributed by atoms with Gasteiger partial charge < -0.3 is 9.46 Å². The molecule has 3 nitrogen and oxygen atoms in total. The Bertz CT molecular complexity index is 496. The monoisotopic (exact) mass is 274 g/mol. The first-order valence-corrected chi connectivity index (χ1v) is 8.54. The average molecular weight is 275 g/mol. The Balaban J connectivity index is 2.03. The van der Waals surface area contributed by atoms with Gasteiger partial charge in [-0.2, -0.15) is 0 Å². The molecular formula is C10H12ClN2OPS. The smallest absolute Gasteiger partial charge is 0.168 e. The second-order valence-corrected chi connectivity index (χ2v) is 8.48. The van der Waals surface area contributed by atoms with Gasteiger partial charge in [0.2, 0.25) is 0 Å². The lowest BCUT2D eigenvalue weighted by molar-refractivity contribution is 0.573. The van der Waals surface area contributed by atoms with Crippen molar-refractivity contribution in [3.8, 4) is 0 Å². The summed E-state index contributed by atoms with van der Waals surface area (Å²) < 4.78 is 12.3. The predicted molar refractivity (Wildman–Crippen MR) is 69.7 cm³/mol. The molecule has 1 aromatic carbocycles. The highest BCUT2D eigenvalue weighted by molar-refractivity contribution is 8.01. The fourth-order valence-electron chi connectivity index (χ4n) is 2.09. The number of anilines is 1. The van der Waals surface area contributed by atoms with Crippen LogP contribution in [0.1, 0.15) is 6.92 Å². The molecule has 1 fully saturated rings. The predicted octanol–water partition coefficient (Wildman–Crippen LogP) is 3.39. The maximum absolute atomic E-state index is 12.3. The largest absolute Gasteiger partial charge is 0.336 e. The molecule has 2 aliphatic heterocycles. The quantitative estimate of drug-likeness (QED) is 0.796. The lowest BCUT2D eigenvalue weighted by Crippen LogP contribution is -2.28. The van der Waals surface area contributed by atoms with E-state index in [1.165, 1.54) is 4.90 Å². The van der Waals surface area contributed by atoms with Crippen molar-refractivity contribution in [2.24, 2.45) is 0 Å². The van der Waals surface area contributed by atoms with Crippen LogP contribution in [0.25, 0.3) is 0 Å². The maximum atomic E-state index is 12.3. The van der Waals surface area contributed by atoms with E-state index in [-0.39, 0.29) is 5.50 Å². The van der Waals surface area contributed by atoms with Crippen LogP contribution in [0, 0.1) is 0 Å². The first-order chi connectivity index (χ1) is 7.63. The Morgan fingerprint density at radius 2 is 2.50 bits per heavy atom. The van der Waals surface area contributed by atoms with Crippen LogP contribution in [0.4, 0.5) is 5.69 Å². The van der Waals surface area contributed by atoms with Gasteiger partial charge in [0.1, 0.15) is 5.50 Å². The van der Waals surface area contributed by atoms with Crippen LogP contribution >= 0.6 is 30.7 Å². The molecule has 0 aliphatic carbocycles. The number of thioether (sulfide) groups is 1. The number of hydrogen-bond acceptors (Lipinski definition) is 3. The Morgan fingerprint density at radius 3 is 3.25 bits per heavy atom. The maximum Gasteiger partial charge on any atom is 0.168 e. The summed E-state index contributed by atoms with van der Waals surface area (Å²) in [4.78, 5) is 3.31. The molecule has 3 rings (SSSR count). The number of nitrogens with zero attached hydrogens (tertiary/aromatic N) is 1. The van der Waals surface area contributed by atoms with E-state index < -0.39 is 7.29 Å². The Hall–Kier alpha value is -0.150. The third kappa shape index (κ3) is 1.52. The van der Waals surface area contributed by atoms with E-state index in [1.807, 2.05) is 19.1 Å². The summed E-state index contributed by atoms with van der Waals surface area (Å²) in [5.74, 6) is 0. The van der Waals surface area contributed by atoms with Gasteiger partial charge in [-0.05, 0) is 12.1 Å². The molecule has 2 atom stereocenters. The summed E-state index contributed by atoms with van der Waals surface area (Å²) in [5, 5.41) is 3.99. The molecule has 0 amide bonds. The summed E-state index contributed by atoms with van der Waals surface area (Å²) in [6.07, 6.45) is 1.29. The minimum absolute atomic E-state index is 0.0979. The molecule has 86 valence electrons. The average Bonchev–Trinajstić information content (AvgIpc) is 2.72. The normalized spacial score (nSPS) is 31.6. The molecule has 1 saturated heterocycles. The summed E-state index contributed by atoms with van der Waals surface area (Å²) in [7, 11) is -2.21. The second-order valence-electron chi connectivity index (χ2n) is 4.00. The van der Waals surface area contributed by atoms with Crippen molar-refractivity contribution in [2.75, 3.05) is 17.3 Å². The standard InChI is InChI=1S/C10H12ClN2OPS/c1-2-15(14)6-13-9-7(11)4-3-5-8(9)16-10(13)12-15/h3-5,10H,2,6H2,1H3,(H,12,14). The fourth-order valence-corrected chi connectivity index (χ4v) is 6.17. The molecule has 16 heavy (non-hydrogen) atoms. The van der Waals surface area contributed by atoms with Gasteiger partial charge in [0, 0.05) is 11.1 Å². The molecule has 0 bridgehead atoms. The number of rotatable bonds is 1. The fraction of sp³-hybridized carbons (Fsp3) is 0.400. The van der Waals surface area contributed by atoms with E-state index >= 15 is 0 Å². The van der Waals surface area contributed by atoms with Gasteiger partial charge in [0.05, 0.1) is 17.0 Å². The molecule has 2 unspecified atom stereocenters. The number of halogens is 1. The van der Waals surface area contributed by atoms with E-state index in [9.17, 15) is 4.57 Å². The van der Waals surface area contributed by atoms with Gasteiger partial charge in [-0.25, -0.2) is 5.09 Å². The zero-order valence-corrected chi connectivity index (χ0v) is 11.3. The van der Waals surface area contributed by atoms with Crippen LogP contribution < -0.4 is 9.99 Å². The minimum atomic E-state index is -2.21. The van der Waals surface area contributed by atoms with E-state index in [2.05, 4.69) is 16.1 Å². The highest BCUT2D eigenvalue weighted by atomic mass is 35.5. The van der Waals surface area contributed by atoms with Gasteiger partial charge in [0.15, 0.2) is 7.29 Å². The van der Waals surface area contributed by atoms with Gasteiger partial charge in [-0.15, -0.1) is 0 Å². The lowest BCUT2D eigenvalue weighted by Gasteiger charge is -2.16. The highest BCUT2D eigenvalue weighted by Gasteiger charge is 2.44. The first kappa shape index (κ1) is 11.0. The van der Waals surface area contributed by atoms with E-state index in [0.717, 1.165) is 10.7 Å². The summed E-state index contributed by atoms with van der Waals surface area (Å²) in [6, 6.07) is 5.90. The summed E-state index contributed by atoms with van der Waals surface area (Å²) >= 11 is 7.90. The first-order valence-electron chi connectivity index (χ1n) is 5.21. The second kappa shape index (κ2) is 3.67. The van der Waals surface area contributed by atoms with Gasteiger partial charge in [0.25, 0.3) is 0 Å². The van der Waals surface area contributed by atoms with E-state index in [4.69, 9.17) is 11.6 Å². The van der Waals surface area contributed by atoms with Crippen molar-refractivity contribution >= 4 is 36.3 Å². The minimum Gasteiger partial charge on any atom is -0.336 e. The molecule has 0 radical (unpaired) electrons. The van der Waals surface area contributed by atoms with Crippen LogP contribution in [0.3, 0.4) is 0 Å². The number of nitrogens with one attached hydrogen (secondary N) is 1. The Labute approximate surface area is 104 Å². The highest BCUT2D eigenvalue weighted by Crippen LogP contribution is 2.58. The van der Waals surface area contributed by atoms with Crippen molar-refractivity contribution in [1.29, 1.82) is 0 Å². The third-order valence-corrected chi connectivity index (χ3v) is 7.15. The van der Waals surface area contributed by atoms with Crippen molar-refractivity contribution in [2.45, 2.75) is 17.3 Å². The molecule has 0 saturated carbocycles. The van der Waals surface area contributed by atoms with Crippen molar-refractivity contribution < 1.29 is 4.57 Å². The number of para-hydroxylation sites is 1. The van der Waals surface area contributed by atoms with Crippen LogP contribution in [0.2, 0.25) is 5.02 Å². The Kier molecular flexibility index (Phi) is 2.52. The molecular weight excluding hydrogens is 263 g/mol. The van der Waals surface area contributed by atoms with Crippen LogP contribution in [0.5, 0.6) is 0 Å². The molecule has 0 spiro atoms. The van der Waals surface area contributed by atoms with Crippen LogP contribution in [0.15, 0.2) is 23.1 Å². The third-order valence-electron chi connectivity index (χ3n) is 3.00. The molecule has 2 heterocycles. The summed E-state index contributed by atoms with van der Waals surface area (Å²) in [5.41, 5.74) is 1.14. The van der Waals surface area contributed by atoms with Crippen LogP contribution in [-0.4, -0.2) is 17.9 Å². The Morgan fingerprint density at radius 1 is 1.69 bits per heavy atom. The summed E-state index contributed by atoms with van der Waals surface area (Å²) in [6.45, 7) is 1.97. The lowest BCUT2D eigenvalue weighted by atomic mass is 10.3. The van der Waals surface area contributed by atoms with E-state index in [0.29, 0.717) is 12.4 Å². The molecule has 0 aromatic heterocycles. The van der Waals surface area contributed by atoms with Crippen LogP contribution in [-0.2, 0) is 4.57 Å². The molecule has 6 heteroatoms. The zero-order chi connectivity index (χ0) is 11.3. The van der Waals surface area contributed by atoms with Gasteiger partial charge >= 0.3 is 0 Å².